The Morgan fingerprint density at radius 3 is 2.62 bits per heavy atom. The van der Waals surface area contributed by atoms with Crippen molar-refractivity contribution in [3.05, 3.63) is 45.3 Å². The first-order valence-corrected chi connectivity index (χ1v) is 5.85. The normalized spacial score (nSPS) is 10.2. The second-order valence-electron chi connectivity index (χ2n) is 4.22. The third-order valence-corrected chi connectivity index (χ3v) is 2.74. The zero-order valence-electron chi connectivity index (χ0n) is 11.2. The molecule has 0 atom stereocenters. The van der Waals surface area contributed by atoms with Gasteiger partial charge in [-0.05, 0) is 26.0 Å². The third-order valence-electron chi connectivity index (χ3n) is 2.74. The fourth-order valence-corrected chi connectivity index (χ4v) is 1.54. The number of aromatic nitrogens is 3. The Hall–Kier alpha value is -3.10. The van der Waals surface area contributed by atoms with Crippen LogP contribution in [0.3, 0.4) is 0 Å². The highest BCUT2D eigenvalue weighted by Gasteiger charge is 2.21. The number of nitro benzene ring substituents is 1. The standard InChI is InChI=1S/C12H11N5O4/c1-6-7(2)15-16-12(13-6)14-11(19)9-5-8(18)3-4-10(9)17(20)21/h3-5,18H,1-2H3,(H,13,14,16,19). The van der Waals surface area contributed by atoms with Gasteiger partial charge in [-0.3, -0.25) is 20.2 Å². The molecule has 1 aromatic carbocycles. The number of aryl methyl sites for hydroxylation is 2. The number of phenolic OH excluding ortho intramolecular Hbond substituents is 1. The van der Waals surface area contributed by atoms with Gasteiger partial charge in [-0.15, -0.1) is 5.10 Å². The fourth-order valence-electron chi connectivity index (χ4n) is 1.54. The van der Waals surface area contributed by atoms with E-state index in [1.807, 2.05) is 0 Å². The maximum absolute atomic E-state index is 12.1. The number of aromatic hydroxyl groups is 1. The topological polar surface area (TPSA) is 131 Å². The molecule has 0 saturated heterocycles. The molecular weight excluding hydrogens is 278 g/mol. The lowest BCUT2D eigenvalue weighted by Crippen LogP contribution is -2.17. The quantitative estimate of drug-likeness (QED) is 0.644. The number of anilines is 1. The van der Waals surface area contributed by atoms with Crippen molar-refractivity contribution in [1.82, 2.24) is 15.2 Å². The smallest absolute Gasteiger partial charge is 0.282 e. The number of hydrogen-bond acceptors (Lipinski definition) is 7. The predicted octanol–water partition coefficient (Wildman–Crippen LogP) is 1.35. The van der Waals surface area contributed by atoms with E-state index < -0.39 is 16.5 Å². The molecular formula is C12H11N5O4. The predicted molar refractivity (Wildman–Crippen MR) is 72.0 cm³/mol. The molecule has 21 heavy (non-hydrogen) atoms. The fraction of sp³-hybridized carbons (Fsp3) is 0.167. The van der Waals surface area contributed by atoms with Gasteiger partial charge >= 0.3 is 0 Å². The Labute approximate surface area is 118 Å². The van der Waals surface area contributed by atoms with Gasteiger partial charge in [0, 0.05) is 6.07 Å². The van der Waals surface area contributed by atoms with Crippen molar-refractivity contribution < 1.29 is 14.8 Å². The minimum absolute atomic E-state index is 0.0688. The van der Waals surface area contributed by atoms with Crippen LogP contribution in [0.2, 0.25) is 0 Å². The number of carbonyl (C=O) groups excluding carboxylic acids is 1. The minimum Gasteiger partial charge on any atom is -0.508 e. The monoisotopic (exact) mass is 289 g/mol. The summed E-state index contributed by atoms with van der Waals surface area (Å²) in [5.74, 6) is -1.13. The van der Waals surface area contributed by atoms with Gasteiger partial charge in [0.1, 0.15) is 11.3 Å². The van der Waals surface area contributed by atoms with Crippen LogP contribution < -0.4 is 5.32 Å². The number of hydrogen-bond donors (Lipinski definition) is 2. The van der Waals surface area contributed by atoms with Crippen LogP contribution in [0.5, 0.6) is 5.75 Å². The molecule has 2 aromatic rings. The van der Waals surface area contributed by atoms with Crippen LogP contribution in [0.1, 0.15) is 21.7 Å². The molecule has 0 fully saturated rings. The molecule has 0 unspecified atom stereocenters. The molecule has 1 heterocycles. The number of carbonyl (C=O) groups is 1. The summed E-state index contributed by atoms with van der Waals surface area (Å²) in [6.07, 6.45) is 0. The molecule has 0 aliphatic heterocycles. The highest BCUT2D eigenvalue weighted by atomic mass is 16.6. The zero-order chi connectivity index (χ0) is 15.6. The lowest BCUT2D eigenvalue weighted by Gasteiger charge is -2.05. The Balaban J connectivity index is 2.34. The molecule has 1 aromatic heterocycles. The second-order valence-corrected chi connectivity index (χ2v) is 4.22. The van der Waals surface area contributed by atoms with Gasteiger partial charge < -0.3 is 5.11 Å². The van der Waals surface area contributed by atoms with E-state index in [1.165, 1.54) is 0 Å². The summed E-state index contributed by atoms with van der Waals surface area (Å²) in [5.41, 5.74) is 0.464. The van der Waals surface area contributed by atoms with Crippen molar-refractivity contribution >= 4 is 17.5 Å². The summed E-state index contributed by atoms with van der Waals surface area (Å²) >= 11 is 0. The van der Waals surface area contributed by atoms with Crippen LogP contribution in [-0.4, -0.2) is 31.1 Å². The van der Waals surface area contributed by atoms with Gasteiger partial charge in [0.15, 0.2) is 0 Å². The molecule has 0 saturated carbocycles. The molecule has 0 aliphatic rings. The van der Waals surface area contributed by atoms with Gasteiger partial charge in [0.25, 0.3) is 11.6 Å². The first-order chi connectivity index (χ1) is 9.88. The number of benzene rings is 1. The maximum Gasteiger partial charge on any atom is 0.282 e. The van der Waals surface area contributed by atoms with E-state index in [0.717, 1.165) is 18.2 Å². The Bertz CT molecular complexity index is 732. The maximum atomic E-state index is 12.1. The van der Waals surface area contributed by atoms with Crippen LogP contribution >= 0.6 is 0 Å². The summed E-state index contributed by atoms with van der Waals surface area (Å²) in [5, 5.41) is 30.0. The minimum atomic E-state index is -0.803. The number of phenols is 1. The van der Waals surface area contributed by atoms with E-state index in [4.69, 9.17) is 0 Å². The van der Waals surface area contributed by atoms with E-state index in [9.17, 15) is 20.0 Å². The third kappa shape index (κ3) is 3.08. The number of nitrogens with zero attached hydrogens (tertiary/aromatic N) is 4. The lowest BCUT2D eigenvalue weighted by atomic mass is 10.1. The van der Waals surface area contributed by atoms with Crippen LogP contribution in [0, 0.1) is 24.0 Å². The second kappa shape index (κ2) is 5.49. The van der Waals surface area contributed by atoms with Crippen LogP contribution in [-0.2, 0) is 0 Å². The highest BCUT2D eigenvalue weighted by Crippen LogP contribution is 2.23. The summed E-state index contributed by atoms with van der Waals surface area (Å²) < 4.78 is 0. The Morgan fingerprint density at radius 1 is 1.29 bits per heavy atom. The Morgan fingerprint density at radius 2 is 2.00 bits per heavy atom. The van der Waals surface area contributed by atoms with E-state index in [1.54, 1.807) is 13.8 Å². The molecule has 1 amide bonds. The summed E-state index contributed by atoms with van der Waals surface area (Å²) in [7, 11) is 0. The SMILES string of the molecule is Cc1nnc(NC(=O)c2cc(O)ccc2[N+](=O)[O-])nc1C. The molecule has 0 bridgehead atoms. The van der Waals surface area contributed by atoms with Gasteiger partial charge in [0.2, 0.25) is 5.95 Å². The summed E-state index contributed by atoms with van der Waals surface area (Å²) in [6.45, 7) is 3.40. The van der Waals surface area contributed by atoms with Crippen molar-refractivity contribution in [3.63, 3.8) is 0 Å². The molecule has 9 nitrogen and oxygen atoms in total. The van der Waals surface area contributed by atoms with Gasteiger partial charge in [-0.25, -0.2) is 4.98 Å². The van der Waals surface area contributed by atoms with E-state index in [0.29, 0.717) is 11.4 Å². The van der Waals surface area contributed by atoms with Crippen molar-refractivity contribution in [2.24, 2.45) is 0 Å². The van der Waals surface area contributed by atoms with Crippen molar-refractivity contribution in [2.45, 2.75) is 13.8 Å². The first kappa shape index (κ1) is 14.3. The largest absolute Gasteiger partial charge is 0.508 e. The van der Waals surface area contributed by atoms with Gasteiger partial charge in [-0.1, -0.05) is 0 Å². The van der Waals surface area contributed by atoms with Gasteiger partial charge in [-0.2, -0.15) is 5.10 Å². The van der Waals surface area contributed by atoms with E-state index >= 15 is 0 Å². The van der Waals surface area contributed by atoms with Crippen LogP contribution in [0.15, 0.2) is 18.2 Å². The molecule has 0 radical (unpaired) electrons. The lowest BCUT2D eigenvalue weighted by molar-refractivity contribution is -0.385. The molecule has 9 heteroatoms. The highest BCUT2D eigenvalue weighted by molar-refractivity contribution is 6.06. The summed E-state index contributed by atoms with van der Waals surface area (Å²) in [4.78, 5) is 26.2. The van der Waals surface area contributed by atoms with Crippen LogP contribution in [0.4, 0.5) is 11.6 Å². The molecule has 2 N–H and O–H groups in total. The molecule has 0 spiro atoms. The van der Waals surface area contributed by atoms with Crippen molar-refractivity contribution in [3.8, 4) is 5.75 Å². The average Bonchev–Trinajstić information content (AvgIpc) is 2.42. The average molecular weight is 289 g/mol. The van der Waals surface area contributed by atoms with Gasteiger partial charge in [0.05, 0.1) is 16.3 Å². The first-order valence-electron chi connectivity index (χ1n) is 5.85. The number of rotatable bonds is 3. The number of nitro groups is 1. The number of amides is 1. The molecule has 2 rings (SSSR count). The van der Waals surface area contributed by atoms with E-state index in [-0.39, 0.29) is 17.3 Å². The number of nitrogens with one attached hydrogen (secondary N) is 1. The molecule has 0 aliphatic carbocycles. The van der Waals surface area contributed by atoms with Crippen LogP contribution in [0.25, 0.3) is 0 Å². The van der Waals surface area contributed by atoms with Crippen molar-refractivity contribution in [1.29, 1.82) is 0 Å². The molecule has 108 valence electrons. The van der Waals surface area contributed by atoms with Crippen molar-refractivity contribution in [2.75, 3.05) is 5.32 Å². The summed E-state index contributed by atoms with van der Waals surface area (Å²) in [6, 6.07) is 3.18. The van der Waals surface area contributed by atoms with E-state index in [2.05, 4.69) is 20.5 Å². The Kier molecular flexibility index (Phi) is 3.74. The zero-order valence-corrected chi connectivity index (χ0v) is 11.2.